The summed E-state index contributed by atoms with van der Waals surface area (Å²) in [5.41, 5.74) is 3.11. The van der Waals surface area contributed by atoms with E-state index < -0.39 is 0 Å². The van der Waals surface area contributed by atoms with Crippen LogP contribution in [0.2, 0.25) is 0 Å². The highest BCUT2D eigenvalue weighted by Crippen LogP contribution is 2.38. The van der Waals surface area contributed by atoms with E-state index in [2.05, 4.69) is 16.8 Å². The van der Waals surface area contributed by atoms with Crippen molar-refractivity contribution in [2.45, 2.75) is 19.4 Å². The molecule has 0 amide bonds. The molecule has 1 aromatic heterocycles. The van der Waals surface area contributed by atoms with Gasteiger partial charge in [0.2, 0.25) is 5.69 Å². The number of aliphatic hydroxyl groups excluding tert-OH is 2. The minimum absolute atomic E-state index is 0.00754. The van der Waals surface area contributed by atoms with Gasteiger partial charge in [0.15, 0.2) is 30.0 Å². The third-order valence-electron chi connectivity index (χ3n) is 4.87. The van der Waals surface area contributed by atoms with Crippen molar-refractivity contribution in [3.63, 3.8) is 0 Å². The second-order valence-corrected chi connectivity index (χ2v) is 6.23. The third kappa shape index (κ3) is 2.43. The number of rotatable bonds is 2. The first kappa shape index (κ1) is 15.6. The van der Waals surface area contributed by atoms with Gasteiger partial charge in [-0.15, -0.1) is 0 Å². The Morgan fingerprint density at radius 2 is 1.96 bits per heavy atom. The number of ether oxygens (including phenoxy) is 2. The number of fused-ring (bicyclic) bond motifs is 4. The van der Waals surface area contributed by atoms with E-state index in [-0.39, 0.29) is 11.5 Å². The number of allylic oxidation sites excluding steroid dienone is 4. The van der Waals surface area contributed by atoms with Crippen molar-refractivity contribution in [3.05, 3.63) is 59.3 Å². The Hall–Kier alpha value is -2.95. The van der Waals surface area contributed by atoms with Crippen molar-refractivity contribution in [1.82, 2.24) is 0 Å². The molecule has 5 nitrogen and oxygen atoms in total. The Kier molecular flexibility index (Phi) is 3.64. The molecule has 0 saturated heterocycles. The van der Waals surface area contributed by atoms with Gasteiger partial charge in [-0.1, -0.05) is 6.08 Å². The highest BCUT2D eigenvalue weighted by atomic mass is 16.5. The molecule has 0 radical (unpaired) electrons. The molecule has 1 aliphatic carbocycles. The van der Waals surface area contributed by atoms with Crippen molar-refractivity contribution in [1.29, 1.82) is 0 Å². The van der Waals surface area contributed by atoms with Crippen LogP contribution in [0.5, 0.6) is 11.5 Å². The van der Waals surface area contributed by atoms with Gasteiger partial charge < -0.3 is 19.7 Å². The van der Waals surface area contributed by atoms with Crippen molar-refractivity contribution in [3.8, 4) is 11.5 Å². The molecular weight excluding hydrogens is 318 g/mol. The molecule has 0 fully saturated rings. The maximum absolute atomic E-state index is 10.1. The molecule has 25 heavy (non-hydrogen) atoms. The first-order valence-electron chi connectivity index (χ1n) is 8.23. The molecule has 1 aromatic carbocycles. The number of methoxy groups -OCH3 is 2. The van der Waals surface area contributed by atoms with Gasteiger partial charge in [0, 0.05) is 18.9 Å². The maximum atomic E-state index is 10.1. The fraction of sp³-hybridized carbons (Fsp3) is 0.250. The van der Waals surface area contributed by atoms with E-state index in [0.717, 1.165) is 40.6 Å². The van der Waals surface area contributed by atoms with Crippen LogP contribution in [-0.2, 0) is 6.54 Å². The predicted molar refractivity (Wildman–Crippen MR) is 94.8 cm³/mol. The summed E-state index contributed by atoms with van der Waals surface area (Å²) >= 11 is 0. The van der Waals surface area contributed by atoms with Gasteiger partial charge in [-0.25, -0.2) is 0 Å². The Bertz CT molecular complexity index is 969. The summed E-state index contributed by atoms with van der Waals surface area (Å²) in [6.07, 6.45) is 6.93. The number of hydrogen-bond acceptors (Lipinski definition) is 4. The van der Waals surface area contributed by atoms with Crippen LogP contribution in [0.1, 0.15) is 18.5 Å². The zero-order valence-corrected chi connectivity index (χ0v) is 14.2. The summed E-state index contributed by atoms with van der Waals surface area (Å²) < 4.78 is 13.1. The van der Waals surface area contributed by atoms with Gasteiger partial charge in [0.05, 0.1) is 25.2 Å². The van der Waals surface area contributed by atoms with Crippen LogP contribution >= 0.6 is 0 Å². The lowest BCUT2D eigenvalue weighted by atomic mass is 9.93. The summed E-state index contributed by atoms with van der Waals surface area (Å²) in [5, 5.41) is 21.9. The van der Waals surface area contributed by atoms with Crippen LogP contribution in [-0.4, -0.2) is 24.4 Å². The second-order valence-electron chi connectivity index (χ2n) is 6.23. The number of aliphatic hydroxyl groups is 2. The monoisotopic (exact) mass is 338 g/mol. The van der Waals surface area contributed by atoms with E-state index in [1.165, 1.54) is 0 Å². The number of pyridine rings is 1. The predicted octanol–water partition coefficient (Wildman–Crippen LogP) is 3.59. The first-order valence-corrected chi connectivity index (χ1v) is 8.23. The zero-order valence-electron chi connectivity index (χ0n) is 14.2. The van der Waals surface area contributed by atoms with Crippen molar-refractivity contribution in [2.75, 3.05) is 14.2 Å². The highest BCUT2D eigenvalue weighted by molar-refractivity contribution is 5.92. The minimum atomic E-state index is -0.0675. The molecule has 2 aromatic rings. The molecule has 0 unspecified atom stereocenters. The highest BCUT2D eigenvalue weighted by Gasteiger charge is 2.29. The van der Waals surface area contributed by atoms with Crippen LogP contribution in [0.15, 0.2) is 53.6 Å². The third-order valence-corrected chi connectivity index (χ3v) is 4.87. The molecule has 0 bridgehead atoms. The topological polar surface area (TPSA) is 62.8 Å². The smallest absolute Gasteiger partial charge is 0.213 e. The molecule has 2 aliphatic rings. The van der Waals surface area contributed by atoms with E-state index >= 15 is 0 Å². The van der Waals surface area contributed by atoms with E-state index in [1.54, 1.807) is 20.3 Å². The van der Waals surface area contributed by atoms with Gasteiger partial charge in [-0.05, 0) is 29.2 Å². The van der Waals surface area contributed by atoms with Crippen LogP contribution < -0.4 is 14.0 Å². The largest absolute Gasteiger partial charge is 0.508 e. The van der Waals surface area contributed by atoms with Crippen molar-refractivity contribution < 1.29 is 24.3 Å². The van der Waals surface area contributed by atoms with E-state index in [4.69, 9.17) is 9.47 Å². The van der Waals surface area contributed by atoms with E-state index in [9.17, 15) is 10.2 Å². The molecular formula is C20H20NO4+. The molecule has 4 rings (SSSR count). The van der Waals surface area contributed by atoms with Gasteiger partial charge in [0.25, 0.3) is 0 Å². The average Bonchev–Trinajstić information content (AvgIpc) is 2.78. The number of benzene rings is 1. The molecule has 5 heteroatoms. The lowest BCUT2D eigenvalue weighted by Crippen LogP contribution is -2.41. The molecule has 1 aliphatic heterocycles. The summed E-state index contributed by atoms with van der Waals surface area (Å²) in [6, 6.07) is 5.98. The summed E-state index contributed by atoms with van der Waals surface area (Å²) in [7, 11) is 3.27. The number of aromatic nitrogens is 1. The SMILES string of the molecule is COc1ccc2cc3[n+](cc2c1OC)CCC1=CCC(O)=C(O)C=C13. The van der Waals surface area contributed by atoms with Crippen molar-refractivity contribution in [2.24, 2.45) is 0 Å². The average molecular weight is 338 g/mol. The number of aryl methyl sites for hydroxylation is 1. The van der Waals surface area contributed by atoms with Crippen LogP contribution in [0.3, 0.4) is 0 Å². The summed E-state index contributed by atoms with van der Waals surface area (Å²) in [4.78, 5) is 0. The summed E-state index contributed by atoms with van der Waals surface area (Å²) in [6.45, 7) is 0.830. The Morgan fingerprint density at radius 3 is 2.72 bits per heavy atom. The van der Waals surface area contributed by atoms with E-state index in [0.29, 0.717) is 17.9 Å². The van der Waals surface area contributed by atoms with E-state index in [1.807, 2.05) is 18.2 Å². The lowest BCUT2D eigenvalue weighted by molar-refractivity contribution is -0.699. The molecule has 2 heterocycles. The van der Waals surface area contributed by atoms with Crippen molar-refractivity contribution >= 4 is 16.3 Å². The first-order chi connectivity index (χ1) is 12.1. The quantitative estimate of drug-likeness (QED) is 0.822. The molecule has 0 saturated carbocycles. The number of hydrogen-bond donors (Lipinski definition) is 2. The Labute approximate surface area is 145 Å². The van der Waals surface area contributed by atoms with Crippen LogP contribution in [0.4, 0.5) is 0 Å². The fourth-order valence-electron chi connectivity index (χ4n) is 3.56. The lowest BCUT2D eigenvalue weighted by Gasteiger charge is -2.18. The summed E-state index contributed by atoms with van der Waals surface area (Å²) in [5.74, 6) is 1.35. The normalized spacial score (nSPS) is 16.6. The van der Waals surface area contributed by atoms with Crippen LogP contribution in [0.25, 0.3) is 16.3 Å². The van der Waals surface area contributed by atoms with Gasteiger partial charge in [-0.2, -0.15) is 4.57 Å². The van der Waals surface area contributed by atoms with Gasteiger partial charge >= 0.3 is 0 Å². The molecule has 0 spiro atoms. The minimum Gasteiger partial charge on any atom is -0.508 e. The molecule has 0 atom stereocenters. The second kappa shape index (κ2) is 5.84. The van der Waals surface area contributed by atoms with Gasteiger partial charge in [0.1, 0.15) is 5.76 Å². The standard InChI is InChI=1S/C20H19NO4/c1-24-19-6-4-13-9-16-14-10-18(23)17(22)5-3-12(14)7-8-21(16)11-15(13)20(19)25-2/h3-4,6,9-11,23H,5,7-8H2,1-2H3/p+1. The Balaban J connectivity index is 1.97. The number of nitrogens with zero attached hydrogens (tertiary/aromatic N) is 1. The van der Waals surface area contributed by atoms with Gasteiger partial charge in [-0.3, -0.25) is 0 Å². The zero-order chi connectivity index (χ0) is 17.6. The van der Waals surface area contributed by atoms with Crippen LogP contribution in [0, 0.1) is 0 Å². The molecule has 2 N–H and O–H groups in total. The Morgan fingerprint density at radius 1 is 1.12 bits per heavy atom. The molecule has 128 valence electrons. The fourth-order valence-corrected chi connectivity index (χ4v) is 3.56. The maximum Gasteiger partial charge on any atom is 0.213 e.